The lowest BCUT2D eigenvalue weighted by molar-refractivity contribution is -0.0191. The standard InChI is InChI=1S/C23H17Br2FN2O2/c1-29-16-6-2-13(3-7-16)20-12-21-17-11-15(24)5-9-22(17)30-23(28(21)27-20)14-4-8-19(26)18(25)10-14/h2-11,21,23H,12H2,1H3. The molecule has 2 atom stereocenters. The summed E-state index contributed by atoms with van der Waals surface area (Å²) in [5.41, 5.74) is 3.93. The van der Waals surface area contributed by atoms with Gasteiger partial charge in [0.25, 0.3) is 0 Å². The number of benzene rings is 3. The smallest absolute Gasteiger partial charge is 0.213 e. The van der Waals surface area contributed by atoms with Crippen molar-refractivity contribution in [1.29, 1.82) is 0 Å². The molecule has 2 unspecified atom stereocenters. The van der Waals surface area contributed by atoms with Crippen LogP contribution in [0.5, 0.6) is 11.5 Å². The normalized spacial score (nSPS) is 19.6. The highest BCUT2D eigenvalue weighted by Crippen LogP contribution is 2.48. The van der Waals surface area contributed by atoms with Crippen molar-refractivity contribution in [3.05, 3.63) is 92.1 Å². The highest BCUT2D eigenvalue weighted by atomic mass is 79.9. The van der Waals surface area contributed by atoms with Gasteiger partial charge in [-0.25, -0.2) is 9.40 Å². The highest BCUT2D eigenvalue weighted by Gasteiger charge is 2.41. The van der Waals surface area contributed by atoms with Crippen molar-refractivity contribution in [3.8, 4) is 11.5 Å². The fourth-order valence-electron chi connectivity index (χ4n) is 3.90. The van der Waals surface area contributed by atoms with E-state index < -0.39 is 6.23 Å². The molecule has 0 bridgehead atoms. The molecule has 0 fully saturated rings. The number of hydrogen-bond donors (Lipinski definition) is 0. The molecule has 3 aromatic rings. The number of ether oxygens (including phenoxy) is 2. The van der Waals surface area contributed by atoms with Gasteiger partial charge in [0.05, 0.1) is 23.3 Å². The van der Waals surface area contributed by atoms with Crippen LogP contribution < -0.4 is 9.47 Å². The Morgan fingerprint density at radius 2 is 1.87 bits per heavy atom. The van der Waals surface area contributed by atoms with Crippen LogP contribution in [0.4, 0.5) is 4.39 Å². The first kappa shape index (κ1) is 19.6. The van der Waals surface area contributed by atoms with Crippen molar-refractivity contribution in [1.82, 2.24) is 5.01 Å². The predicted octanol–water partition coefficient (Wildman–Crippen LogP) is 6.60. The zero-order valence-electron chi connectivity index (χ0n) is 16.0. The van der Waals surface area contributed by atoms with Gasteiger partial charge in [0.2, 0.25) is 6.23 Å². The monoisotopic (exact) mass is 530 g/mol. The van der Waals surface area contributed by atoms with Gasteiger partial charge >= 0.3 is 0 Å². The first-order valence-electron chi connectivity index (χ1n) is 9.45. The van der Waals surface area contributed by atoms with E-state index in [0.717, 1.165) is 44.8 Å². The van der Waals surface area contributed by atoms with E-state index in [2.05, 4.69) is 37.9 Å². The summed E-state index contributed by atoms with van der Waals surface area (Å²) < 4.78 is 26.8. The van der Waals surface area contributed by atoms with Crippen molar-refractivity contribution in [2.24, 2.45) is 5.10 Å². The van der Waals surface area contributed by atoms with Gasteiger partial charge in [0.1, 0.15) is 17.3 Å². The highest BCUT2D eigenvalue weighted by molar-refractivity contribution is 9.10. The first-order chi connectivity index (χ1) is 14.5. The molecule has 7 heteroatoms. The number of methoxy groups -OCH3 is 1. The van der Waals surface area contributed by atoms with Crippen LogP contribution in [0.15, 0.2) is 74.7 Å². The average Bonchev–Trinajstić information content (AvgIpc) is 3.21. The fraction of sp³-hybridized carbons (Fsp3) is 0.174. The van der Waals surface area contributed by atoms with E-state index >= 15 is 0 Å². The molecule has 5 rings (SSSR count). The van der Waals surface area contributed by atoms with Crippen LogP contribution in [-0.4, -0.2) is 17.8 Å². The number of hydrogen-bond acceptors (Lipinski definition) is 4. The Morgan fingerprint density at radius 1 is 1.07 bits per heavy atom. The lowest BCUT2D eigenvalue weighted by Gasteiger charge is -2.38. The molecule has 0 aromatic heterocycles. The molecule has 3 aromatic carbocycles. The minimum absolute atomic E-state index is 0.0252. The van der Waals surface area contributed by atoms with Crippen molar-refractivity contribution in [2.45, 2.75) is 18.7 Å². The van der Waals surface area contributed by atoms with E-state index in [-0.39, 0.29) is 11.9 Å². The van der Waals surface area contributed by atoms with Gasteiger partial charge in [-0.05, 0) is 76.1 Å². The molecular formula is C23H17Br2FN2O2. The molecule has 0 saturated carbocycles. The van der Waals surface area contributed by atoms with Crippen LogP contribution in [0.1, 0.15) is 35.4 Å². The van der Waals surface area contributed by atoms with E-state index in [9.17, 15) is 4.39 Å². The van der Waals surface area contributed by atoms with Gasteiger partial charge in [0, 0.05) is 22.0 Å². The summed E-state index contributed by atoms with van der Waals surface area (Å²) in [7, 11) is 1.65. The summed E-state index contributed by atoms with van der Waals surface area (Å²) in [6.07, 6.45) is 0.300. The summed E-state index contributed by atoms with van der Waals surface area (Å²) in [5.74, 6) is 1.32. The molecule has 0 N–H and O–H groups in total. The van der Waals surface area contributed by atoms with Crippen molar-refractivity contribution in [2.75, 3.05) is 7.11 Å². The Balaban J connectivity index is 1.58. The molecule has 0 saturated heterocycles. The van der Waals surface area contributed by atoms with Crippen LogP contribution in [0.2, 0.25) is 0 Å². The molecular weight excluding hydrogens is 515 g/mol. The Morgan fingerprint density at radius 3 is 2.60 bits per heavy atom. The predicted molar refractivity (Wildman–Crippen MR) is 120 cm³/mol. The second-order valence-corrected chi connectivity index (χ2v) is 8.97. The van der Waals surface area contributed by atoms with Gasteiger partial charge in [-0.2, -0.15) is 5.10 Å². The van der Waals surface area contributed by atoms with Crippen molar-refractivity contribution >= 4 is 37.6 Å². The van der Waals surface area contributed by atoms with Crippen LogP contribution in [-0.2, 0) is 0 Å². The Kier molecular flexibility index (Phi) is 5.03. The van der Waals surface area contributed by atoms with Crippen molar-refractivity contribution < 1.29 is 13.9 Å². The molecule has 0 amide bonds. The molecule has 0 aliphatic carbocycles. The third-order valence-electron chi connectivity index (χ3n) is 5.40. The topological polar surface area (TPSA) is 34.1 Å². The minimum Gasteiger partial charge on any atom is -0.497 e. The number of nitrogens with zero attached hydrogens (tertiary/aromatic N) is 2. The number of fused-ring (bicyclic) bond motifs is 3. The average molecular weight is 532 g/mol. The molecule has 30 heavy (non-hydrogen) atoms. The van der Waals surface area contributed by atoms with Gasteiger partial charge in [0.15, 0.2) is 0 Å². The van der Waals surface area contributed by atoms with E-state index in [4.69, 9.17) is 14.6 Å². The summed E-state index contributed by atoms with van der Waals surface area (Å²) in [5, 5.41) is 6.91. The first-order valence-corrected chi connectivity index (χ1v) is 11.0. The Labute approximate surface area is 190 Å². The van der Waals surface area contributed by atoms with Gasteiger partial charge in [-0.1, -0.05) is 22.0 Å². The van der Waals surface area contributed by atoms with Crippen LogP contribution >= 0.6 is 31.9 Å². The second-order valence-electron chi connectivity index (χ2n) is 7.20. The van der Waals surface area contributed by atoms with E-state index in [0.29, 0.717) is 4.47 Å². The lowest BCUT2D eigenvalue weighted by Crippen LogP contribution is -2.33. The molecule has 0 spiro atoms. The van der Waals surface area contributed by atoms with Gasteiger partial charge < -0.3 is 9.47 Å². The third-order valence-corrected chi connectivity index (χ3v) is 6.50. The molecule has 4 nitrogen and oxygen atoms in total. The quantitative estimate of drug-likeness (QED) is 0.381. The fourth-order valence-corrected chi connectivity index (χ4v) is 4.68. The zero-order valence-corrected chi connectivity index (χ0v) is 19.2. The number of halogens is 3. The van der Waals surface area contributed by atoms with E-state index in [1.54, 1.807) is 19.2 Å². The maximum absolute atomic E-state index is 13.8. The Bertz CT molecular complexity index is 1150. The maximum atomic E-state index is 13.8. The summed E-state index contributed by atoms with van der Waals surface area (Å²) in [6, 6.07) is 18.9. The largest absolute Gasteiger partial charge is 0.497 e. The molecule has 2 heterocycles. The number of hydrazone groups is 1. The van der Waals surface area contributed by atoms with Gasteiger partial charge in [-0.3, -0.25) is 0 Å². The molecule has 152 valence electrons. The summed E-state index contributed by atoms with van der Waals surface area (Å²) >= 11 is 6.85. The van der Waals surface area contributed by atoms with Crippen LogP contribution in [0.3, 0.4) is 0 Å². The van der Waals surface area contributed by atoms with E-state index in [1.165, 1.54) is 6.07 Å². The third kappa shape index (κ3) is 3.40. The lowest BCUT2D eigenvalue weighted by atomic mass is 9.96. The van der Waals surface area contributed by atoms with E-state index in [1.807, 2.05) is 41.4 Å². The molecule has 2 aliphatic heterocycles. The number of rotatable bonds is 3. The Hall–Kier alpha value is -2.38. The zero-order chi connectivity index (χ0) is 20.8. The minimum atomic E-state index is -0.448. The molecule has 0 radical (unpaired) electrons. The molecule has 2 aliphatic rings. The summed E-state index contributed by atoms with van der Waals surface area (Å²) in [6.45, 7) is 0. The SMILES string of the molecule is COc1ccc(C2=NN3C(C2)c2cc(Br)ccc2OC3c2ccc(F)c(Br)c2)cc1. The summed E-state index contributed by atoms with van der Waals surface area (Å²) in [4.78, 5) is 0. The van der Waals surface area contributed by atoms with Gasteiger partial charge in [-0.15, -0.1) is 0 Å². The van der Waals surface area contributed by atoms with Crippen molar-refractivity contribution in [3.63, 3.8) is 0 Å². The van der Waals surface area contributed by atoms with Crippen LogP contribution in [0, 0.1) is 5.82 Å². The maximum Gasteiger partial charge on any atom is 0.213 e. The van der Waals surface area contributed by atoms with Crippen LogP contribution in [0.25, 0.3) is 0 Å². The second kappa shape index (κ2) is 7.71.